The van der Waals surface area contributed by atoms with Crippen LogP contribution in [0.1, 0.15) is 24.3 Å². The highest BCUT2D eigenvalue weighted by molar-refractivity contribution is 5.84. The first-order valence-electron chi connectivity index (χ1n) is 8.52. The van der Waals surface area contributed by atoms with Crippen LogP contribution in [0.5, 0.6) is 0 Å². The first-order chi connectivity index (χ1) is 11.8. The Bertz CT molecular complexity index is 839. The van der Waals surface area contributed by atoms with Crippen LogP contribution in [0, 0.1) is 0 Å². The summed E-state index contributed by atoms with van der Waals surface area (Å²) in [5.74, 6) is 0. The fourth-order valence-corrected chi connectivity index (χ4v) is 3.21. The molecule has 0 bridgehead atoms. The number of ether oxygens (including phenoxy) is 1. The van der Waals surface area contributed by atoms with E-state index in [1.54, 1.807) is 0 Å². The van der Waals surface area contributed by atoms with Gasteiger partial charge < -0.3 is 10.1 Å². The number of aromatic nitrogens is 2. The Morgan fingerprint density at radius 2 is 2.08 bits per heavy atom. The van der Waals surface area contributed by atoms with Crippen LogP contribution in [0.15, 0.2) is 48.7 Å². The minimum absolute atomic E-state index is 0.144. The maximum atomic E-state index is 5.82. The van der Waals surface area contributed by atoms with E-state index in [1.165, 1.54) is 5.56 Å². The molecule has 1 atom stereocenters. The molecular weight excluding hydrogens is 298 g/mol. The van der Waals surface area contributed by atoms with E-state index in [9.17, 15) is 0 Å². The van der Waals surface area contributed by atoms with Gasteiger partial charge in [-0.1, -0.05) is 31.2 Å². The molecule has 1 aliphatic heterocycles. The molecule has 1 unspecified atom stereocenters. The molecule has 4 nitrogen and oxygen atoms in total. The summed E-state index contributed by atoms with van der Waals surface area (Å²) in [5, 5.41) is 4.51. The summed E-state index contributed by atoms with van der Waals surface area (Å²) in [4.78, 5) is 9.35. The van der Waals surface area contributed by atoms with Crippen LogP contribution in [-0.4, -0.2) is 29.7 Å². The summed E-state index contributed by atoms with van der Waals surface area (Å²) in [6.07, 6.45) is 2.88. The molecular formula is C20H21N3O. The number of pyridine rings is 2. The van der Waals surface area contributed by atoms with Gasteiger partial charge in [-0.3, -0.25) is 9.97 Å². The van der Waals surface area contributed by atoms with Crippen LogP contribution in [-0.2, 0) is 11.2 Å². The van der Waals surface area contributed by atoms with Gasteiger partial charge in [0.05, 0.1) is 29.6 Å². The zero-order valence-electron chi connectivity index (χ0n) is 13.8. The summed E-state index contributed by atoms with van der Waals surface area (Å²) < 4.78 is 5.82. The maximum Gasteiger partial charge on any atom is 0.0949 e. The molecule has 3 heterocycles. The lowest BCUT2D eigenvalue weighted by molar-refractivity contribution is 0.0277. The molecule has 0 spiro atoms. The fraction of sp³-hybridized carbons (Fsp3) is 0.300. The van der Waals surface area contributed by atoms with Crippen molar-refractivity contribution in [2.24, 2.45) is 0 Å². The summed E-state index contributed by atoms with van der Waals surface area (Å²) in [7, 11) is 0. The van der Waals surface area contributed by atoms with E-state index in [4.69, 9.17) is 9.72 Å². The number of hydrogen-bond donors (Lipinski definition) is 1. The van der Waals surface area contributed by atoms with Crippen LogP contribution in [0.2, 0.25) is 0 Å². The van der Waals surface area contributed by atoms with Crippen molar-refractivity contribution in [3.05, 3.63) is 59.9 Å². The highest BCUT2D eigenvalue weighted by atomic mass is 16.5. The van der Waals surface area contributed by atoms with Crippen LogP contribution < -0.4 is 5.32 Å². The lowest BCUT2D eigenvalue weighted by Gasteiger charge is -2.24. The number of fused-ring (bicyclic) bond motifs is 1. The molecule has 0 saturated carbocycles. The maximum absolute atomic E-state index is 5.82. The van der Waals surface area contributed by atoms with Crippen molar-refractivity contribution in [2.45, 2.75) is 19.4 Å². The summed E-state index contributed by atoms with van der Waals surface area (Å²) in [6.45, 7) is 4.71. The molecule has 122 valence electrons. The summed E-state index contributed by atoms with van der Waals surface area (Å²) >= 11 is 0. The van der Waals surface area contributed by atoms with Gasteiger partial charge in [0.25, 0.3) is 0 Å². The van der Waals surface area contributed by atoms with E-state index >= 15 is 0 Å². The Kier molecular flexibility index (Phi) is 4.24. The predicted molar refractivity (Wildman–Crippen MR) is 95.9 cm³/mol. The predicted octanol–water partition coefficient (Wildman–Crippen LogP) is 3.52. The normalized spacial score (nSPS) is 18.0. The third-order valence-corrected chi connectivity index (χ3v) is 4.52. The molecule has 4 heteroatoms. The minimum Gasteiger partial charge on any atom is -0.371 e. The summed E-state index contributed by atoms with van der Waals surface area (Å²) in [6, 6.07) is 14.7. The Labute approximate surface area is 141 Å². The number of aryl methyl sites for hydroxylation is 1. The quantitative estimate of drug-likeness (QED) is 0.802. The number of nitrogens with one attached hydrogen (secondary N) is 1. The van der Waals surface area contributed by atoms with Crippen molar-refractivity contribution >= 4 is 10.9 Å². The van der Waals surface area contributed by atoms with Crippen molar-refractivity contribution in [1.82, 2.24) is 15.3 Å². The third-order valence-electron chi connectivity index (χ3n) is 4.52. The standard InChI is InChI=1S/C20H21N3O/c1-2-17-16-4-3-9-22-19(16)12-18(23-17)14-5-7-15(8-6-14)20-13-21-10-11-24-20/h3-9,12,20-21H,2,10-11,13H2,1H3. The SMILES string of the molecule is CCc1nc(-c2ccc(C3CNCCO3)cc2)cc2ncccc12. The van der Waals surface area contributed by atoms with E-state index in [2.05, 4.69) is 53.6 Å². The highest BCUT2D eigenvalue weighted by Gasteiger charge is 2.15. The Balaban J connectivity index is 1.69. The second-order valence-corrected chi connectivity index (χ2v) is 6.06. The average molecular weight is 319 g/mol. The zero-order chi connectivity index (χ0) is 16.4. The molecule has 24 heavy (non-hydrogen) atoms. The smallest absolute Gasteiger partial charge is 0.0949 e. The van der Waals surface area contributed by atoms with E-state index in [0.29, 0.717) is 0 Å². The van der Waals surface area contributed by atoms with Gasteiger partial charge in [0.1, 0.15) is 0 Å². The number of morpholine rings is 1. The van der Waals surface area contributed by atoms with Gasteiger partial charge in [0, 0.05) is 30.2 Å². The molecule has 3 aromatic rings. The number of hydrogen-bond acceptors (Lipinski definition) is 4. The number of benzene rings is 1. The van der Waals surface area contributed by atoms with E-state index in [-0.39, 0.29) is 6.10 Å². The first kappa shape index (κ1) is 15.2. The number of nitrogens with zero attached hydrogens (tertiary/aromatic N) is 2. The molecule has 1 aromatic carbocycles. The second-order valence-electron chi connectivity index (χ2n) is 6.06. The van der Waals surface area contributed by atoms with Crippen molar-refractivity contribution < 1.29 is 4.74 Å². The topological polar surface area (TPSA) is 47.0 Å². The minimum atomic E-state index is 0.144. The number of rotatable bonds is 3. The van der Waals surface area contributed by atoms with Gasteiger partial charge >= 0.3 is 0 Å². The van der Waals surface area contributed by atoms with Gasteiger partial charge in [-0.2, -0.15) is 0 Å². The Hall–Kier alpha value is -2.30. The van der Waals surface area contributed by atoms with Crippen LogP contribution in [0.25, 0.3) is 22.2 Å². The molecule has 0 aliphatic carbocycles. The fourth-order valence-electron chi connectivity index (χ4n) is 3.21. The first-order valence-corrected chi connectivity index (χ1v) is 8.52. The molecule has 1 saturated heterocycles. The monoisotopic (exact) mass is 319 g/mol. The molecule has 1 aliphatic rings. The van der Waals surface area contributed by atoms with Gasteiger partial charge in [-0.15, -0.1) is 0 Å². The highest BCUT2D eigenvalue weighted by Crippen LogP contribution is 2.26. The van der Waals surface area contributed by atoms with Crippen molar-refractivity contribution in [3.8, 4) is 11.3 Å². The van der Waals surface area contributed by atoms with Crippen LogP contribution >= 0.6 is 0 Å². The van der Waals surface area contributed by atoms with Gasteiger partial charge in [-0.25, -0.2) is 0 Å². The van der Waals surface area contributed by atoms with Gasteiger partial charge in [0.15, 0.2) is 0 Å². The second kappa shape index (κ2) is 6.67. The van der Waals surface area contributed by atoms with Gasteiger partial charge in [0.2, 0.25) is 0 Å². The van der Waals surface area contributed by atoms with E-state index in [0.717, 1.165) is 54.0 Å². The van der Waals surface area contributed by atoms with Gasteiger partial charge in [-0.05, 0) is 30.2 Å². The molecule has 2 aromatic heterocycles. The lowest BCUT2D eigenvalue weighted by atomic mass is 10.0. The Morgan fingerprint density at radius 3 is 2.83 bits per heavy atom. The average Bonchev–Trinajstić information content (AvgIpc) is 2.68. The molecule has 4 rings (SSSR count). The molecule has 0 amide bonds. The van der Waals surface area contributed by atoms with Crippen molar-refractivity contribution in [3.63, 3.8) is 0 Å². The lowest BCUT2D eigenvalue weighted by Crippen LogP contribution is -2.33. The molecule has 1 fully saturated rings. The molecule has 0 radical (unpaired) electrons. The van der Waals surface area contributed by atoms with E-state index < -0.39 is 0 Å². The summed E-state index contributed by atoms with van der Waals surface area (Å²) in [5.41, 5.74) is 5.40. The van der Waals surface area contributed by atoms with Crippen LogP contribution in [0.4, 0.5) is 0 Å². The van der Waals surface area contributed by atoms with E-state index in [1.807, 2.05) is 12.3 Å². The third kappa shape index (κ3) is 2.90. The zero-order valence-corrected chi connectivity index (χ0v) is 13.8. The Morgan fingerprint density at radius 1 is 1.21 bits per heavy atom. The van der Waals surface area contributed by atoms with Crippen molar-refractivity contribution in [1.29, 1.82) is 0 Å². The molecule has 1 N–H and O–H groups in total. The van der Waals surface area contributed by atoms with Crippen molar-refractivity contribution in [2.75, 3.05) is 19.7 Å². The van der Waals surface area contributed by atoms with Crippen LogP contribution in [0.3, 0.4) is 0 Å². The largest absolute Gasteiger partial charge is 0.371 e.